The molecule has 2 rings (SSSR count). The van der Waals surface area contributed by atoms with Crippen molar-refractivity contribution in [3.63, 3.8) is 0 Å². The van der Waals surface area contributed by atoms with Crippen LogP contribution in [0.4, 0.5) is 13.2 Å². The van der Waals surface area contributed by atoms with Gasteiger partial charge in [0.15, 0.2) is 11.5 Å². The normalized spacial score (nSPS) is 11.8. The summed E-state index contributed by atoms with van der Waals surface area (Å²) in [6, 6.07) is 1.67. The summed E-state index contributed by atoms with van der Waals surface area (Å²) in [5, 5.41) is 11.7. The van der Waals surface area contributed by atoms with Gasteiger partial charge in [0.1, 0.15) is 10.7 Å². The fourth-order valence-electron chi connectivity index (χ4n) is 1.66. The van der Waals surface area contributed by atoms with E-state index >= 15 is 0 Å². The highest BCUT2D eigenvalue weighted by Gasteiger charge is 2.36. The molecule has 0 aliphatic heterocycles. The summed E-state index contributed by atoms with van der Waals surface area (Å²) in [4.78, 5) is 22.1. The number of carbonyl (C=O) groups is 2. The van der Waals surface area contributed by atoms with Gasteiger partial charge in [-0.2, -0.15) is 18.3 Å². The van der Waals surface area contributed by atoms with E-state index in [1.165, 1.54) is 0 Å². The molecule has 2 heterocycles. The number of aromatic carboxylic acids is 1. The average Bonchev–Trinajstić information content (AvgIpc) is 2.64. The highest BCUT2D eigenvalue weighted by atomic mass is 35.5. The van der Waals surface area contributed by atoms with Crippen LogP contribution in [0.25, 0.3) is 5.52 Å². The first-order valence-corrected chi connectivity index (χ1v) is 5.54. The van der Waals surface area contributed by atoms with Crippen LogP contribution in [0.15, 0.2) is 12.1 Å². The van der Waals surface area contributed by atoms with Crippen LogP contribution in [0.3, 0.4) is 0 Å². The summed E-state index contributed by atoms with van der Waals surface area (Å²) in [5.41, 5.74) is -2.50. The van der Waals surface area contributed by atoms with E-state index in [1.807, 2.05) is 0 Å². The summed E-state index contributed by atoms with van der Waals surface area (Å²) in [6.45, 7) is 1.09. The molecule has 0 saturated carbocycles. The molecule has 0 atom stereocenters. The lowest BCUT2D eigenvalue weighted by Crippen LogP contribution is -2.14. The van der Waals surface area contributed by atoms with Crippen molar-refractivity contribution in [2.24, 2.45) is 0 Å². The van der Waals surface area contributed by atoms with Gasteiger partial charge in [-0.15, -0.1) is 0 Å². The van der Waals surface area contributed by atoms with Crippen LogP contribution in [0, 0.1) is 0 Å². The maximum Gasteiger partial charge on any atom is 0.433 e. The van der Waals surface area contributed by atoms with Crippen molar-refractivity contribution in [1.29, 1.82) is 0 Å². The first-order valence-electron chi connectivity index (χ1n) is 5.16. The zero-order valence-corrected chi connectivity index (χ0v) is 10.6. The molecular formula is C11H6ClF3N2O3. The zero-order valence-electron chi connectivity index (χ0n) is 9.82. The Morgan fingerprint density at radius 3 is 2.40 bits per heavy atom. The lowest BCUT2D eigenvalue weighted by molar-refractivity contribution is -0.142. The summed E-state index contributed by atoms with van der Waals surface area (Å²) in [5.74, 6) is -2.16. The van der Waals surface area contributed by atoms with E-state index in [2.05, 4.69) is 5.10 Å². The Morgan fingerprint density at radius 2 is 1.95 bits per heavy atom. The molecule has 0 aliphatic rings. The summed E-state index contributed by atoms with van der Waals surface area (Å²) in [7, 11) is 0. The second-order valence-electron chi connectivity index (χ2n) is 3.95. The molecule has 0 aliphatic carbocycles. The van der Waals surface area contributed by atoms with Crippen molar-refractivity contribution in [3.8, 4) is 0 Å². The molecule has 20 heavy (non-hydrogen) atoms. The van der Waals surface area contributed by atoms with Crippen LogP contribution in [0.5, 0.6) is 0 Å². The topological polar surface area (TPSA) is 71.7 Å². The number of hydrogen-bond acceptors (Lipinski definition) is 3. The predicted molar refractivity (Wildman–Crippen MR) is 62.2 cm³/mol. The van der Waals surface area contributed by atoms with Gasteiger partial charge in [-0.25, -0.2) is 9.31 Å². The lowest BCUT2D eigenvalue weighted by atomic mass is 10.1. The summed E-state index contributed by atoms with van der Waals surface area (Å²) < 4.78 is 39.2. The Bertz CT molecular complexity index is 737. The van der Waals surface area contributed by atoms with Crippen LogP contribution < -0.4 is 0 Å². The van der Waals surface area contributed by atoms with Crippen molar-refractivity contribution in [3.05, 3.63) is 34.1 Å². The molecule has 0 bridgehead atoms. The van der Waals surface area contributed by atoms with E-state index < -0.39 is 34.3 Å². The molecular weight excluding hydrogens is 301 g/mol. The molecule has 106 valence electrons. The number of Topliss-reactive ketones (excluding diaryl/α,β-unsaturated/α-hetero) is 1. The van der Waals surface area contributed by atoms with Gasteiger partial charge in [-0.3, -0.25) is 4.79 Å². The van der Waals surface area contributed by atoms with Crippen LogP contribution in [0.2, 0.25) is 5.02 Å². The Morgan fingerprint density at radius 1 is 1.35 bits per heavy atom. The fraction of sp³-hybridized carbons (Fsp3) is 0.182. The van der Waals surface area contributed by atoms with Crippen LogP contribution in [-0.2, 0) is 6.18 Å². The number of rotatable bonds is 2. The van der Waals surface area contributed by atoms with Crippen LogP contribution >= 0.6 is 11.6 Å². The second kappa shape index (κ2) is 4.48. The quantitative estimate of drug-likeness (QED) is 0.866. The van der Waals surface area contributed by atoms with Crippen LogP contribution in [0.1, 0.15) is 33.5 Å². The SMILES string of the molecule is CC(=O)c1cc(C(F)(F)F)n2nc(C(=O)O)c(Cl)c2c1. The number of pyridine rings is 1. The van der Waals surface area contributed by atoms with E-state index in [-0.39, 0.29) is 11.1 Å². The van der Waals surface area contributed by atoms with Crippen molar-refractivity contribution in [1.82, 2.24) is 9.61 Å². The van der Waals surface area contributed by atoms with Gasteiger partial charge in [-0.05, 0) is 19.1 Å². The Balaban J connectivity index is 2.93. The summed E-state index contributed by atoms with van der Waals surface area (Å²) >= 11 is 5.71. The van der Waals surface area contributed by atoms with E-state index in [9.17, 15) is 22.8 Å². The number of fused-ring (bicyclic) bond motifs is 1. The molecule has 2 aromatic heterocycles. The minimum atomic E-state index is -4.81. The third kappa shape index (κ3) is 2.22. The summed E-state index contributed by atoms with van der Waals surface area (Å²) in [6.07, 6.45) is -4.81. The van der Waals surface area contributed by atoms with Gasteiger partial charge >= 0.3 is 12.1 Å². The Hall–Kier alpha value is -2.09. The zero-order chi connectivity index (χ0) is 15.2. The Labute approximate surface area is 114 Å². The molecule has 0 fully saturated rings. The van der Waals surface area contributed by atoms with Gasteiger partial charge in [0, 0.05) is 5.56 Å². The van der Waals surface area contributed by atoms with E-state index in [1.54, 1.807) is 0 Å². The number of alkyl halides is 3. The number of nitrogens with zero attached hydrogens (tertiary/aromatic N) is 2. The maximum absolute atomic E-state index is 12.9. The molecule has 0 spiro atoms. The molecule has 0 unspecified atom stereocenters. The number of aromatic nitrogens is 2. The van der Waals surface area contributed by atoms with Gasteiger partial charge in [-0.1, -0.05) is 11.6 Å². The second-order valence-corrected chi connectivity index (χ2v) is 4.33. The number of carboxylic acid groups (broad SMARTS) is 1. The number of ketones is 1. The number of hydrogen-bond donors (Lipinski definition) is 1. The first-order chi connectivity index (χ1) is 9.12. The van der Waals surface area contributed by atoms with Gasteiger partial charge < -0.3 is 5.11 Å². The monoisotopic (exact) mass is 306 g/mol. The van der Waals surface area contributed by atoms with Crippen molar-refractivity contribution >= 4 is 28.9 Å². The highest BCUT2D eigenvalue weighted by Crippen LogP contribution is 2.33. The molecule has 0 amide bonds. The molecule has 0 aromatic carbocycles. The fourth-order valence-corrected chi connectivity index (χ4v) is 1.91. The third-order valence-corrected chi connectivity index (χ3v) is 2.95. The average molecular weight is 307 g/mol. The number of carbonyl (C=O) groups excluding carboxylic acids is 1. The molecule has 1 N–H and O–H groups in total. The molecule has 2 aromatic rings. The maximum atomic E-state index is 12.9. The lowest BCUT2D eigenvalue weighted by Gasteiger charge is -2.10. The van der Waals surface area contributed by atoms with E-state index in [4.69, 9.17) is 16.7 Å². The molecule has 9 heteroatoms. The van der Waals surface area contributed by atoms with Crippen LogP contribution in [-0.4, -0.2) is 26.5 Å². The van der Waals surface area contributed by atoms with E-state index in [0.29, 0.717) is 10.6 Å². The Kier molecular flexibility index (Phi) is 3.21. The highest BCUT2D eigenvalue weighted by molar-refractivity contribution is 6.36. The first kappa shape index (κ1) is 14.3. The molecule has 0 radical (unpaired) electrons. The largest absolute Gasteiger partial charge is 0.476 e. The van der Waals surface area contributed by atoms with Crippen molar-refractivity contribution in [2.75, 3.05) is 0 Å². The smallest absolute Gasteiger partial charge is 0.433 e. The molecule has 5 nitrogen and oxygen atoms in total. The molecule has 0 saturated heterocycles. The van der Waals surface area contributed by atoms with Crippen molar-refractivity contribution in [2.45, 2.75) is 13.1 Å². The third-order valence-electron chi connectivity index (χ3n) is 2.57. The van der Waals surface area contributed by atoms with Gasteiger partial charge in [0.2, 0.25) is 0 Å². The standard InChI is InChI=1S/C11H6ClF3N2O3/c1-4(18)5-2-6-8(12)9(10(19)20)16-17(6)7(3-5)11(13,14)15/h2-3H,1H3,(H,19,20). The van der Waals surface area contributed by atoms with Crippen molar-refractivity contribution < 1.29 is 27.9 Å². The van der Waals surface area contributed by atoms with Gasteiger partial charge in [0.05, 0.1) is 5.52 Å². The predicted octanol–water partition coefficient (Wildman–Crippen LogP) is 2.91. The number of carboxylic acids is 1. The van der Waals surface area contributed by atoms with Gasteiger partial charge in [0.25, 0.3) is 0 Å². The minimum Gasteiger partial charge on any atom is -0.476 e. The minimum absolute atomic E-state index is 0.233. The number of halogens is 4. The van der Waals surface area contributed by atoms with E-state index in [0.717, 1.165) is 13.0 Å².